The van der Waals surface area contributed by atoms with Crippen molar-refractivity contribution in [2.75, 3.05) is 25.0 Å². The summed E-state index contributed by atoms with van der Waals surface area (Å²) in [5.74, 6) is -7.65. The van der Waals surface area contributed by atoms with Crippen LogP contribution in [0.4, 0.5) is 23.4 Å². The van der Waals surface area contributed by atoms with Crippen molar-refractivity contribution in [2.24, 2.45) is 13.0 Å². The SMILES string of the molecule is [2H]C([2H])([2H])N(C(=O)C1CCN(c2nc(-c3c(C)cnn3C)ncc2F)CC1)C([2H])([2H])c1cc(F)cc(F)c1F. The fraction of sp³-hybridized carbons (Fsp3) is 0.391. The Labute approximate surface area is 201 Å². The van der Waals surface area contributed by atoms with Crippen molar-refractivity contribution in [3.05, 3.63) is 58.9 Å². The average Bonchev–Trinajstić information content (AvgIpc) is 3.18. The molecule has 7 nitrogen and oxygen atoms in total. The second kappa shape index (κ2) is 9.40. The van der Waals surface area contributed by atoms with Crippen LogP contribution in [0.2, 0.25) is 0 Å². The Morgan fingerprint density at radius 2 is 1.94 bits per heavy atom. The molecule has 1 saturated heterocycles. The van der Waals surface area contributed by atoms with Crippen LogP contribution in [0.1, 0.15) is 30.8 Å². The number of hydrogen-bond donors (Lipinski definition) is 0. The second-order valence-corrected chi connectivity index (χ2v) is 7.96. The van der Waals surface area contributed by atoms with Gasteiger partial charge < -0.3 is 9.80 Å². The van der Waals surface area contributed by atoms with E-state index >= 15 is 0 Å². The number of halogens is 4. The second-order valence-electron chi connectivity index (χ2n) is 7.96. The summed E-state index contributed by atoms with van der Waals surface area (Å²) in [7, 11) is 1.69. The van der Waals surface area contributed by atoms with Crippen LogP contribution in [0, 0.1) is 36.1 Å². The normalized spacial score (nSPS) is 17.5. The molecule has 0 spiro atoms. The van der Waals surface area contributed by atoms with E-state index in [0.29, 0.717) is 11.8 Å². The smallest absolute Gasteiger partial charge is 0.225 e. The molecule has 0 N–H and O–H groups in total. The Bertz CT molecular complexity index is 1390. The minimum Gasteiger partial charge on any atom is -0.354 e. The molecule has 1 amide bonds. The first-order valence-corrected chi connectivity index (χ1v) is 10.4. The molecule has 1 aliphatic rings. The third-order valence-electron chi connectivity index (χ3n) is 5.65. The summed E-state index contributed by atoms with van der Waals surface area (Å²) in [6, 6.07) is 0.492. The predicted octanol–water partition coefficient (Wildman–Crippen LogP) is 3.62. The van der Waals surface area contributed by atoms with E-state index < -0.39 is 54.1 Å². The summed E-state index contributed by atoms with van der Waals surface area (Å²) >= 11 is 0. The van der Waals surface area contributed by atoms with Crippen molar-refractivity contribution in [2.45, 2.75) is 26.3 Å². The predicted molar refractivity (Wildman–Crippen MR) is 117 cm³/mol. The van der Waals surface area contributed by atoms with Gasteiger partial charge in [0.25, 0.3) is 0 Å². The molecule has 0 aliphatic carbocycles. The molecule has 1 fully saturated rings. The van der Waals surface area contributed by atoms with E-state index in [1.165, 1.54) is 0 Å². The molecule has 0 radical (unpaired) electrons. The summed E-state index contributed by atoms with van der Waals surface area (Å²) in [5, 5.41) is 4.12. The lowest BCUT2D eigenvalue weighted by Gasteiger charge is -2.34. The van der Waals surface area contributed by atoms with Crippen molar-refractivity contribution in [3.63, 3.8) is 0 Å². The zero-order chi connectivity index (χ0) is 28.9. The minimum atomic E-state index is -3.42. The molecular weight excluding hydrogens is 452 g/mol. The Morgan fingerprint density at radius 3 is 2.59 bits per heavy atom. The van der Waals surface area contributed by atoms with Gasteiger partial charge >= 0.3 is 0 Å². The van der Waals surface area contributed by atoms with Gasteiger partial charge in [-0.15, -0.1) is 0 Å². The van der Waals surface area contributed by atoms with Gasteiger partial charge in [0.15, 0.2) is 29.1 Å². The number of hydrogen-bond acceptors (Lipinski definition) is 5. The van der Waals surface area contributed by atoms with Crippen LogP contribution >= 0.6 is 0 Å². The quantitative estimate of drug-likeness (QED) is 0.412. The van der Waals surface area contributed by atoms with E-state index in [-0.39, 0.29) is 48.5 Å². The molecule has 2 aromatic heterocycles. The molecule has 11 heteroatoms. The van der Waals surface area contributed by atoms with Gasteiger partial charge in [0.05, 0.1) is 15.1 Å². The lowest BCUT2D eigenvalue weighted by Crippen LogP contribution is -2.41. The van der Waals surface area contributed by atoms with Gasteiger partial charge in [-0.3, -0.25) is 9.48 Å². The van der Waals surface area contributed by atoms with E-state index in [0.717, 1.165) is 11.8 Å². The van der Waals surface area contributed by atoms with Crippen LogP contribution in [-0.4, -0.2) is 50.6 Å². The first-order valence-electron chi connectivity index (χ1n) is 12.9. The van der Waals surface area contributed by atoms with Gasteiger partial charge in [0.2, 0.25) is 5.91 Å². The van der Waals surface area contributed by atoms with E-state index in [2.05, 4.69) is 15.1 Å². The molecule has 1 aromatic carbocycles. The molecule has 0 saturated carbocycles. The number of nitrogens with zero attached hydrogens (tertiary/aromatic N) is 6. The number of benzene rings is 1. The fourth-order valence-corrected chi connectivity index (χ4v) is 3.90. The third-order valence-corrected chi connectivity index (χ3v) is 5.65. The van der Waals surface area contributed by atoms with Gasteiger partial charge in [-0.2, -0.15) is 5.10 Å². The highest BCUT2D eigenvalue weighted by molar-refractivity contribution is 5.79. The highest BCUT2D eigenvalue weighted by Gasteiger charge is 2.30. The van der Waals surface area contributed by atoms with Crippen molar-refractivity contribution >= 4 is 11.7 Å². The standard InChI is InChI=1S/C23H24F4N6O/c1-13-10-29-32(3)20(13)21-28-11-18(26)22(30-21)33-6-4-14(5-7-33)23(34)31(2)12-15-8-16(24)9-17(25)19(15)27/h8-11,14H,4-7,12H2,1-3H3/i2D3,12D2. The topological polar surface area (TPSA) is 67.2 Å². The highest BCUT2D eigenvalue weighted by atomic mass is 19.2. The summed E-state index contributed by atoms with van der Waals surface area (Å²) < 4.78 is 98.0. The number of piperidine rings is 1. The van der Waals surface area contributed by atoms with Gasteiger partial charge in [-0.1, -0.05) is 0 Å². The monoisotopic (exact) mass is 481 g/mol. The highest BCUT2D eigenvalue weighted by Crippen LogP contribution is 2.28. The number of carbonyl (C=O) groups is 1. The van der Waals surface area contributed by atoms with Gasteiger partial charge in [0, 0.05) is 55.3 Å². The first kappa shape index (κ1) is 17.9. The number of rotatable bonds is 5. The van der Waals surface area contributed by atoms with Crippen LogP contribution in [0.25, 0.3) is 11.5 Å². The summed E-state index contributed by atoms with van der Waals surface area (Å²) in [6.45, 7) is -4.93. The Kier molecular flexibility index (Phi) is 4.95. The van der Waals surface area contributed by atoms with E-state index in [1.54, 1.807) is 29.7 Å². The molecule has 1 aliphatic heterocycles. The maximum Gasteiger partial charge on any atom is 0.225 e. The van der Waals surface area contributed by atoms with Gasteiger partial charge in [0.1, 0.15) is 11.5 Å². The lowest BCUT2D eigenvalue weighted by atomic mass is 9.95. The number of aryl methyl sites for hydroxylation is 2. The molecule has 0 atom stereocenters. The number of aromatic nitrogens is 4. The van der Waals surface area contributed by atoms with Crippen LogP contribution in [0.15, 0.2) is 24.5 Å². The minimum absolute atomic E-state index is 0.0228. The molecule has 0 bridgehead atoms. The van der Waals surface area contributed by atoms with E-state index in [4.69, 9.17) is 6.85 Å². The fourth-order valence-electron chi connectivity index (χ4n) is 3.90. The van der Waals surface area contributed by atoms with Crippen LogP contribution in [0.5, 0.6) is 0 Å². The summed E-state index contributed by atoms with van der Waals surface area (Å²) in [6.07, 6.45) is 2.58. The molecule has 3 heterocycles. The van der Waals surface area contributed by atoms with E-state index in [9.17, 15) is 22.4 Å². The van der Waals surface area contributed by atoms with Gasteiger partial charge in [-0.05, 0) is 31.4 Å². The van der Waals surface area contributed by atoms with Crippen LogP contribution < -0.4 is 4.90 Å². The van der Waals surface area contributed by atoms with Crippen LogP contribution in [0.3, 0.4) is 0 Å². The van der Waals surface area contributed by atoms with Crippen molar-refractivity contribution in [1.82, 2.24) is 24.6 Å². The first-order chi connectivity index (χ1) is 18.1. The molecule has 3 aromatic rings. The van der Waals surface area contributed by atoms with Crippen LogP contribution in [-0.2, 0) is 18.3 Å². The maximum atomic E-state index is 14.7. The number of carbonyl (C=O) groups excluding carboxylic acids is 1. The van der Waals surface area contributed by atoms with Crippen molar-refractivity contribution < 1.29 is 29.2 Å². The van der Waals surface area contributed by atoms with E-state index in [1.807, 2.05) is 0 Å². The number of anilines is 1. The zero-order valence-corrected chi connectivity index (χ0v) is 18.3. The largest absolute Gasteiger partial charge is 0.354 e. The maximum absolute atomic E-state index is 14.7. The van der Waals surface area contributed by atoms with Crippen molar-refractivity contribution in [3.8, 4) is 11.5 Å². The Hall–Kier alpha value is -3.50. The Balaban J connectivity index is 1.58. The molecule has 4 rings (SSSR count). The lowest BCUT2D eigenvalue weighted by molar-refractivity contribution is -0.135. The zero-order valence-electron chi connectivity index (χ0n) is 23.3. The third kappa shape index (κ3) is 4.59. The summed E-state index contributed by atoms with van der Waals surface area (Å²) in [4.78, 5) is 23.1. The molecule has 34 heavy (non-hydrogen) atoms. The summed E-state index contributed by atoms with van der Waals surface area (Å²) in [5.41, 5.74) is 0.0915. The number of amides is 1. The van der Waals surface area contributed by atoms with Gasteiger partial charge in [-0.25, -0.2) is 27.5 Å². The molecule has 0 unspecified atom stereocenters. The van der Waals surface area contributed by atoms with Crippen molar-refractivity contribution in [1.29, 1.82) is 0 Å². The molecular formula is C23H24F4N6O. The average molecular weight is 482 g/mol. The molecule has 180 valence electrons. The Morgan fingerprint density at radius 1 is 1.21 bits per heavy atom.